The van der Waals surface area contributed by atoms with Crippen molar-refractivity contribution in [1.29, 1.82) is 0 Å². The van der Waals surface area contributed by atoms with Crippen molar-refractivity contribution >= 4 is 11.6 Å². The van der Waals surface area contributed by atoms with Gasteiger partial charge in [0.15, 0.2) is 11.5 Å². The lowest BCUT2D eigenvalue weighted by molar-refractivity contribution is -0.121. The number of nitrogens with one attached hydrogen (secondary N) is 1. The molecule has 1 N–H and O–H groups in total. The third kappa shape index (κ3) is 5.91. The Labute approximate surface area is 211 Å². The summed E-state index contributed by atoms with van der Waals surface area (Å²) < 4.78 is 9.40. The maximum absolute atomic E-state index is 12.0. The van der Waals surface area contributed by atoms with Crippen LogP contribution in [-0.2, 0) is 17.8 Å². The van der Waals surface area contributed by atoms with Gasteiger partial charge in [0.1, 0.15) is 18.9 Å². The van der Waals surface area contributed by atoms with Crippen LogP contribution in [0.5, 0.6) is 5.75 Å². The van der Waals surface area contributed by atoms with E-state index in [1.807, 2.05) is 48.0 Å². The summed E-state index contributed by atoms with van der Waals surface area (Å²) in [5.74, 6) is 1.59. The van der Waals surface area contributed by atoms with Crippen LogP contribution in [-0.4, -0.2) is 68.0 Å². The molecule has 5 rings (SSSR count). The van der Waals surface area contributed by atoms with Gasteiger partial charge in [0.2, 0.25) is 5.91 Å². The van der Waals surface area contributed by atoms with Crippen LogP contribution in [0.3, 0.4) is 0 Å². The van der Waals surface area contributed by atoms with E-state index in [9.17, 15) is 4.79 Å². The zero-order chi connectivity index (χ0) is 24.7. The summed E-state index contributed by atoms with van der Waals surface area (Å²) in [5.41, 5.74) is 3.67. The number of carbonyl (C=O) groups is 1. The van der Waals surface area contributed by atoms with Gasteiger partial charge in [-0.25, -0.2) is 9.50 Å². The number of ether oxygens (including phenoxy) is 1. The second-order valence-corrected chi connectivity index (χ2v) is 9.20. The SMILES string of the molecule is CCCNC(=O)Cn1cc(-c2cccc3nc(Cc4ccc(OCCN5CCCC5)cc4)nn23)cn1. The minimum Gasteiger partial charge on any atom is -0.492 e. The van der Waals surface area contributed by atoms with Crippen molar-refractivity contribution in [3.05, 3.63) is 66.2 Å². The fraction of sp³-hybridized carbons (Fsp3) is 0.407. The maximum atomic E-state index is 12.0. The summed E-state index contributed by atoms with van der Waals surface area (Å²) in [6.07, 6.45) is 7.76. The average molecular weight is 488 g/mol. The fourth-order valence-electron chi connectivity index (χ4n) is 4.48. The van der Waals surface area contributed by atoms with Crippen molar-refractivity contribution < 1.29 is 9.53 Å². The normalized spacial score (nSPS) is 13.9. The van der Waals surface area contributed by atoms with Crippen molar-refractivity contribution in [3.63, 3.8) is 0 Å². The number of amides is 1. The highest BCUT2D eigenvalue weighted by atomic mass is 16.5. The Bertz CT molecular complexity index is 1290. The molecule has 0 spiro atoms. The van der Waals surface area contributed by atoms with Crippen LogP contribution in [0.15, 0.2) is 54.9 Å². The molecule has 0 unspecified atom stereocenters. The van der Waals surface area contributed by atoms with Crippen LogP contribution in [0.25, 0.3) is 16.9 Å². The lowest BCUT2D eigenvalue weighted by Crippen LogP contribution is -2.28. The Hall–Kier alpha value is -3.72. The van der Waals surface area contributed by atoms with Crippen LogP contribution >= 0.6 is 0 Å². The van der Waals surface area contributed by atoms with Gasteiger partial charge in [0.05, 0.1) is 11.9 Å². The first-order valence-corrected chi connectivity index (χ1v) is 12.8. The van der Waals surface area contributed by atoms with Crippen LogP contribution in [0.2, 0.25) is 0 Å². The largest absolute Gasteiger partial charge is 0.492 e. The molecule has 1 aliphatic rings. The topological polar surface area (TPSA) is 89.6 Å². The molecular weight excluding hydrogens is 454 g/mol. The molecule has 0 saturated carbocycles. The zero-order valence-electron chi connectivity index (χ0n) is 20.8. The quantitative estimate of drug-likeness (QED) is 0.350. The van der Waals surface area contributed by atoms with E-state index in [0.717, 1.165) is 53.6 Å². The number of pyridine rings is 1. The van der Waals surface area contributed by atoms with Gasteiger partial charge >= 0.3 is 0 Å². The summed E-state index contributed by atoms with van der Waals surface area (Å²) in [5, 5.41) is 12.0. The Morgan fingerprint density at radius 1 is 1.11 bits per heavy atom. The van der Waals surface area contributed by atoms with Gasteiger partial charge < -0.3 is 10.1 Å². The molecule has 4 heterocycles. The average Bonchev–Trinajstić information content (AvgIpc) is 3.65. The van der Waals surface area contributed by atoms with E-state index in [-0.39, 0.29) is 12.5 Å². The Kier molecular flexibility index (Phi) is 7.56. The van der Waals surface area contributed by atoms with Crippen molar-refractivity contribution in [1.82, 2.24) is 34.6 Å². The molecule has 188 valence electrons. The predicted octanol–water partition coefficient (Wildman–Crippen LogP) is 3.18. The molecule has 1 fully saturated rings. The Balaban J connectivity index is 1.23. The van der Waals surface area contributed by atoms with Crippen molar-refractivity contribution in [2.75, 3.05) is 32.8 Å². The van der Waals surface area contributed by atoms with Gasteiger partial charge in [0.25, 0.3) is 0 Å². The highest BCUT2D eigenvalue weighted by molar-refractivity contribution is 5.75. The summed E-state index contributed by atoms with van der Waals surface area (Å²) in [6, 6.07) is 14.1. The number of carbonyl (C=O) groups excluding carboxylic acids is 1. The minimum absolute atomic E-state index is 0.0456. The van der Waals surface area contributed by atoms with Crippen molar-refractivity contribution in [2.45, 2.75) is 39.2 Å². The molecule has 36 heavy (non-hydrogen) atoms. The number of hydrogen-bond donors (Lipinski definition) is 1. The standard InChI is InChI=1S/C27H33N7O2/c1-2-12-28-27(35)20-33-19-22(18-29-33)24-6-5-7-26-30-25(31-34(24)26)17-21-8-10-23(11-9-21)36-16-15-32-13-3-4-14-32/h5-11,18-19H,2-4,12-17,20H2,1H3,(H,28,35). The molecular formula is C27H33N7O2. The summed E-state index contributed by atoms with van der Waals surface area (Å²) in [6.45, 7) is 6.97. The van der Waals surface area contributed by atoms with E-state index >= 15 is 0 Å². The van der Waals surface area contributed by atoms with Gasteiger partial charge in [0, 0.05) is 31.3 Å². The predicted molar refractivity (Wildman–Crippen MR) is 138 cm³/mol. The number of fused-ring (bicyclic) bond motifs is 1. The molecule has 0 aliphatic carbocycles. The lowest BCUT2D eigenvalue weighted by atomic mass is 10.1. The monoisotopic (exact) mass is 487 g/mol. The highest BCUT2D eigenvalue weighted by Gasteiger charge is 2.13. The number of nitrogens with zero attached hydrogens (tertiary/aromatic N) is 6. The molecule has 1 amide bonds. The van der Waals surface area contributed by atoms with Gasteiger partial charge in [-0.1, -0.05) is 25.1 Å². The summed E-state index contributed by atoms with van der Waals surface area (Å²) in [7, 11) is 0. The zero-order valence-corrected chi connectivity index (χ0v) is 20.8. The van der Waals surface area contributed by atoms with E-state index in [1.54, 1.807) is 10.9 Å². The van der Waals surface area contributed by atoms with E-state index in [4.69, 9.17) is 14.8 Å². The minimum atomic E-state index is -0.0456. The smallest absolute Gasteiger partial charge is 0.241 e. The molecule has 0 atom stereocenters. The maximum Gasteiger partial charge on any atom is 0.241 e. The molecule has 0 bridgehead atoms. The third-order valence-corrected chi connectivity index (χ3v) is 6.37. The van der Waals surface area contributed by atoms with Crippen LogP contribution in [0.1, 0.15) is 37.6 Å². The Morgan fingerprint density at radius 3 is 2.75 bits per heavy atom. The summed E-state index contributed by atoms with van der Waals surface area (Å²) in [4.78, 5) is 19.2. The molecule has 9 heteroatoms. The van der Waals surface area contributed by atoms with Gasteiger partial charge in [-0.3, -0.25) is 14.4 Å². The number of rotatable bonds is 11. The van der Waals surface area contributed by atoms with E-state index in [2.05, 4.69) is 27.4 Å². The molecule has 4 aromatic rings. The van der Waals surface area contributed by atoms with Gasteiger partial charge in [-0.15, -0.1) is 0 Å². The van der Waals surface area contributed by atoms with Crippen molar-refractivity contribution in [2.24, 2.45) is 0 Å². The number of aromatic nitrogens is 5. The second-order valence-electron chi connectivity index (χ2n) is 9.20. The van der Waals surface area contributed by atoms with Gasteiger partial charge in [-0.05, 0) is 62.2 Å². The first-order valence-electron chi connectivity index (χ1n) is 12.8. The van der Waals surface area contributed by atoms with E-state index in [0.29, 0.717) is 13.0 Å². The molecule has 1 aromatic carbocycles. The second kappa shape index (κ2) is 11.3. The number of likely N-dealkylation sites (tertiary alicyclic amines) is 1. The molecule has 9 nitrogen and oxygen atoms in total. The fourth-order valence-corrected chi connectivity index (χ4v) is 4.48. The molecule has 1 aliphatic heterocycles. The van der Waals surface area contributed by atoms with Crippen LogP contribution in [0, 0.1) is 0 Å². The molecule has 0 radical (unpaired) electrons. The van der Waals surface area contributed by atoms with Crippen LogP contribution in [0.4, 0.5) is 0 Å². The highest BCUT2D eigenvalue weighted by Crippen LogP contribution is 2.21. The molecule has 3 aromatic heterocycles. The first-order chi connectivity index (χ1) is 17.7. The summed E-state index contributed by atoms with van der Waals surface area (Å²) >= 11 is 0. The molecule has 1 saturated heterocycles. The third-order valence-electron chi connectivity index (χ3n) is 6.37. The Morgan fingerprint density at radius 2 is 1.94 bits per heavy atom. The number of benzene rings is 1. The number of hydrogen-bond acceptors (Lipinski definition) is 6. The first kappa shape index (κ1) is 24.0. The lowest BCUT2D eigenvalue weighted by Gasteiger charge is -2.14. The van der Waals surface area contributed by atoms with E-state index < -0.39 is 0 Å². The van der Waals surface area contributed by atoms with Gasteiger partial charge in [-0.2, -0.15) is 10.2 Å². The van der Waals surface area contributed by atoms with Crippen LogP contribution < -0.4 is 10.1 Å². The van der Waals surface area contributed by atoms with Crippen molar-refractivity contribution in [3.8, 4) is 17.0 Å². The van der Waals surface area contributed by atoms with E-state index in [1.165, 1.54) is 25.9 Å².